The van der Waals surface area contributed by atoms with Gasteiger partial charge in [-0.25, -0.2) is 0 Å². The quantitative estimate of drug-likeness (QED) is 0.668. The Morgan fingerprint density at radius 3 is 1.14 bits per heavy atom. The Morgan fingerprint density at radius 1 is 0.591 bits per heavy atom. The van der Waals surface area contributed by atoms with Crippen LogP contribution in [-0.2, 0) is 0 Å². The van der Waals surface area contributed by atoms with Crippen LogP contribution < -0.4 is 0 Å². The molecule has 7 rings (SSSR count). The highest BCUT2D eigenvalue weighted by molar-refractivity contribution is 5.62. The Labute approximate surface area is 130 Å². The summed E-state index contributed by atoms with van der Waals surface area (Å²) in [6.45, 7) is 4.69. The molecule has 2 nitrogen and oxygen atoms in total. The van der Waals surface area contributed by atoms with Crippen molar-refractivity contribution in [3.8, 4) is 0 Å². The fourth-order valence-electron chi connectivity index (χ4n) is 6.14. The van der Waals surface area contributed by atoms with E-state index in [9.17, 15) is 0 Å². The zero-order valence-electron chi connectivity index (χ0n) is 12.8. The van der Waals surface area contributed by atoms with Crippen molar-refractivity contribution in [1.82, 2.24) is 0 Å². The van der Waals surface area contributed by atoms with Gasteiger partial charge in [-0.3, -0.25) is 0 Å². The molecule has 0 radical (unpaired) electrons. The average Bonchev–Trinajstić information content (AvgIpc) is 2.47. The summed E-state index contributed by atoms with van der Waals surface area (Å²) in [6.07, 6.45) is 0. The molecule has 5 aliphatic rings. The van der Waals surface area contributed by atoms with E-state index in [1.165, 1.54) is 22.3 Å². The minimum absolute atomic E-state index is 0.0597. The SMILES string of the molecule is CC12N=NC(C)(C3c4ccccc4C31)C1c3ccccc3C12. The molecule has 2 aliphatic heterocycles. The standard InChI is InChI=1S/C20H18N2/c1-19-15-11-7-3-5-9-13(11)17(15)20(2,22-21-19)18-14-10-6-4-8-12(14)16(18)19/h3-10,15-18H,1-2H3. The van der Waals surface area contributed by atoms with E-state index in [1.54, 1.807) is 0 Å². The molecule has 4 atom stereocenters. The van der Waals surface area contributed by atoms with Gasteiger partial charge in [0.15, 0.2) is 0 Å². The average molecular weight is 286 g/mol. The fraction of sp³-hybridized carbons (Fsp3) is 0.400. The molecule has 108 valence electrons. The highest BCUT2D eigenvalue weighted by atomic mass is 15.3. The van der Waals surface area contributed by atoms with Crippen LogP contribution in [0.5, 0.6) is 0 Å². The van der Waals surface area contributed by atoms with E-state index >= 15 is 0 Å². The summed E-state index contributed by atoms with van der Waals surface area (Å²) < 4.78 is 0. The lowest BCUT2D eigenvalue weighted by Crippen LogP contribution is -2.67. The fourth-order valence-corrected chi connectivity index (χ4v) is 6.14. The third-order valence-electron chi connectivity index (χ3n) is 7.00. The smallest absolute Gasteiger partial charge is 0.0938 e. The molecule has 2 aromatic rings. The maximum Gasteiger partial charge on any atom is 0.0938 e. The first-order chi connectivity index (χ1) is 10.7. The molecule has 0 aromatic heterocycles. The summed E-state index contributed by atoms with van der Waals surface area (Å²) in [6, 6.07) is 17.9. The number of rotatable bonds is 0. The maximum absolute atomic E-state index is 4.89. The molecule has 2 bridgehead atoms. The van der Waals surface area contributed by atoms with E-state index in [2.05, 4.69) is 62.4 Å². The van der Waals surface area contributed by atoms with Gasteiger partial charge in [0.2, 0.25) is 0 Å². The molecule has 4 unspecified atom stereocenters. The van der Waals surface area contributed by atoms with Gasteiger partial charge in [-0.1, -0.05) is 48.5 Å². The van der Waals surface area contributed by atoms with Crippen LogP contribution in [0.15, 0.2) is 58.8 Å². The summed E-state index contributed by atoms with van der Waals surface area (Å²) in [5, 5.41) is 9.78. The Kier molecular flexibility index (Phi) is 1.68. The first kappa shape index (κ1) is 11.6. The first-order valence-corrected chi connectivity index (χ1v) is 8.28. The van der Waals surface area contributed by atoms with Crippen LogP contribution in [0, 0.1) is 0 Å². The van der Waals surface area contributed by atoms with Crippen LogP contribution in [0.2, 0.25) is 0 Å². The predicted octanol–water partition coefficient (Wildman–Crippen LogP) is 4.75. The van der Waals surface area contributed by atoms with Crippen molar-refractivity contribution < 1.29 is 0 Å². The van der Waals surface area contributed by atoms with Crippen LogP contribution >= 0.6 is 0 Å². The lowest BCUT2D eigenvalue weighted by molar-refractivity contribution is 0.0181. The number of nitrogens with zero attached hydrogens (tertiary/aromatic N) is 2. The Bertz CT molecular complexity index is 736. The van der Waals surface area contributed by atoms with Gasteiger partial charge in [-0.2, -0.15) is 10.2 Å². The molecule has 0 saturated heterocycles. The Morgan fingerprint density at radius 2 is 0.864 bits per heavy atom. The second-order valence-corrected chi connectivity index (χ2v) is 7.82. The lowest BCUT2D eigenvalue weighted by Gasteiger charge is -2.70. The third-order valence-corrected chi connectivity index (χ3v) is 7.00. The molecule has 0 spiro atoms. The second kappa shape index (κ2) is 3.19. The Hall–Kier alpha value is -1.96. The minimum Gasteiger partial charge on any atom is -0.186 e. The highest BCUT2D eigenvalue weighted by Gasteiger charge is 2.73. The topological polar surface area (TPSA) is 24.7 Å². The number of fused-ring (bicyclic) bond motifs is 2. The summed E-state index contributed by atoms with van der Waals surface area (Å²) in [5.74, 6) is 2.17. The molecule has 22 heavy (non-hydrogen) atoms. The summed E-state index contributed by atoms with van der Waals surface area (Å²) in [4.78, 5) is 0. The normalized spacial score (nSPS) is 45.0. The molecular formula is C20H18N2. The molecule has 2 heterocycles. The third kappa shape index (κ3) is 0.930. The zero-order chi connectivity index (χ0) is 14.7. The van der Waals surface area contributed by atoms with Crippen LogP contribution in [0.25, 0.3) is 0 Å². The van der Waals surface area contributed by atoms with E-state index < -0.39 is 0 Å². The van der Waals surface area contributed by atoms with Crippen molar-refractivity contribution in [3.05, 3.63) is 70.8 Å². The molecule has 0 amide bonds. The van der Waals surface area contributed by atoms with Gasteiger partial charge >= 0.3 is 0 Å². The molecule has 2 heteroatoms. The monoisotopic (exact) mass is 286 g/mol. The van der Waals surface area contributed by atoms with Crippen molar-refractivity contribution in [2.24, 2.45) is 10.2 Å². The molecule has 0 N–H and O–H groups in total. The van der Waals surface area contributed by atoms with Gasteiger partial charge in [-0.05, 0) is 36.1 Å². The predicted molar refractivity (Wildman–Crippen MR) is 85.5 cm³/mol. The van der Waals surface area contributed by atoms with Crippen molar-refractivity contribution >= 4 is 0 Å². The van der Waals surface area contributed by atoms with Gasteiger partial charge in [0, 0.05) is 23.7 Å². The summed E-state index contributed by atoms with van der Waals surface area (Å²) >= 11 is 0. The van der Waals surface area contributed by atoms with E-state index in [0.717, 1.165) is 0 Å². The van der Waals surface area contributed by atoms with E-state index in [-0.39, 0.29) is 11.1 Å². The summed E-state index contributed by atoms with van der Waals surface area (Å²) in [5.41, 5.74) is 5.95. The van der Waals surface area contributed by atoms with E-state index in [0.29, 0.717) is 23.7 Å². The van der Waals surface area contributed by atoms with Crippen molar-refractivity contribution in [3.63, 3.8) is 0 Å². The van der Waals surface area contributed by atoms with Gasteiger partial charge < -0.3 is 0 Å². The van der Waals surface area contributed by atoms with E-state index in [4.69, 9.17) is 10.2 Å². The van der Waals surface area contributed by atoms with Crippen molar-refractivity contribution in [1.29, 1.82) is 0 Å². The molecule has 3 aliphatic carbocycles. The van der Waals surface area contributed by atoms with E-state index in [1.807, 2.05) is 0 Å². The summed E-state index contributed by atoms with van der Waals surface area (Å²) in [7, 11) is 0. The number of benzene rings is 2. The lowest BCUT2D eigenvalue weighted by atomic mass is 9.37. The van der Waals surface area contributed by atoms with Gasteiger partial charge in [0.25, 0.3) is 0 Å². The second-order valence-electron chi connectivity index (χ2n) is 7.82. The minimum atomic E-state index is -0.0597. The maximum atomic E-state index is 4.89. The zero-order valence-corrected chi connectivity index (χ0v) is 12.8. The van der Waals surface area contributed by atoms with Gasteiger partial charge in [-0.15, -0.1) is 0 Å². The van der Waals surface area contributed by atoms with Crippen LogP contribution in [-0.4, -0.2) is 11.1 Å². The van der Waals surface area contributed by atoms with Crippen molar-refractivity contribution in [2.45, 2.75) is 48.6 Å². The van der Waals surface area contributed by atoms with Crippen LogP contribution in [0.1, 0.15) is 59.8 Å². The Balaban J connectivity index is 1.65. The van der Waals surface area contributed by atoms with Gasteiger partial charge in [0.1, 0.15) is 0 Å². The molecular weight excluding hydrogens is 268 g/mol. The van der Waals surface area contributed by atoms with Crippen LogP contribution in [0.3, 0.4) is 0 Å². The molecule has 1 saturated carbocycles. The van der Waals surface area contributed by atoms with Crippen LogP contribution in [0.4, 0.5) is 0 Å². The van der Waals surface area contributed by atoms with Gasteiger partial charge in [0.05, 0.1) is 11.1 Å². The number of azo groups is 1. The largest absolute Gasteiger partial charge is 0.186 e. The molecule has 2 aromatic carbocycles. The van der Waals surface area contributed by atoms with Crippen molar-refractivity contribution in [2.75, 3.05) is 0 Å². The number of hydrogen-bond acceptors (Lipinski definition) is 2. The molecule has 1 fully saturated rings. The first-order valence-electron chi connectivity index (χ1n) is 8.28. The highest BCUT2D eigenvalue weighted by Crippen LogP contribution is 2.77. The number of hydrogen-bond donors (Lipinski definition) is 0.